The monoisotopic (exact) mass is 424 g/mol. The maximum Gasteiger partial charge on any atom is 0.310 e. The Hall–Kier alpha value is -1.84. The molecule has 0 N–H and O–H groups in total. The van der Waals surface area contributed by atoms with Crippen LogP contribution in [0.3, 0.4) is 0 Å². The average molecular weight is 425 g/mol. The Morgan fingerprint density at radius 2 is 2.04 bits per heavy atom. The maximum absolute atomic E-state index is 13.2. The zero-order chi connectivity index (χ0) is 20.9. The molecule has 152 valence electrons. The number of carbonyl (C=O) groups is 1. The zero-order valence-corrected chi connectivity index (χ0v) is 18.2. The highest BCUT2D eigenvalue weighted by Crippen LogP contribution is 2.42. The van der Waals surface area contributed by atoms with Crippen LogP contribution < -0.4 is 4.18 Å². The quantitative estimate of drug-likeness (QED) is 0.401. The molecule has 9 heteroatoms. The molecule has 28 heavy (non-hydrogen) atoms. The van der Waals surface area contributed by atoms with Gasteiger partial charge in [0, 0.05) is 23.6 Å². The fourth-order valence-electron chi connectivity index (χ4n) is 3.68. The van der Waals surface area contributed by atoms with Gasteiger partial charge in [0.2, 0.25) is 5.88 Å². The molecule has 2 aromatic rings. The Labute approximate surface area is 168 Å². The van der Waals surface area contributed by atoms with E-state index < -0.39 is 21.3 Å². The summed E-state index contributed by atoms with van der Waals surface area (Å²) in [6, 6.07) is 3.37. The van der Waals surface area contributed by atoms with Crippen molar-refractivity contribution in [3.05, 3.63) is 40.6 Å². The van der Waals surface area contributed by atoms with Crippen LogP contribution in [0.4, 0.5) is 0 Å². The first-order valence-electron chi connectivity index (χ1n) is 9.00. The number of aromatic nitrogens is 2. The Bertz CT molecular complexity index is 1040. The lowest BCUT2D eigenvalue weighted by atomic mass is 9.81. The van der Waals surface area contributed by atoms with E-state index in [0.29, 0.717) is 17.7 Å². The molecule has 1 aromatic heterocycles. The van der Waals surface area contributed by atoms with Gasteiger partial charge in [0.15, 0.2) is 10.7 Å². The Morgan fingerprint density at radius 3 is 2.68 bits per heavy atom. The number of fused-ring (bicyclic) bond motifs is 1. The summed E-state index contributed by atoms with van der Waals surface area (Å²) in [5.41, 5.74) is 1.88. The summed E-state index contributed by atoms with van der Waals surface area (Å²) in [6.45, 7) is 7.58. The summed E-state index contributed by atoms with van der Waals surface area (Å²) in [6.07, 6.45) is 1.72. The summed E-state index contributed by atoms with van der Waals surface area (Å²) in [5, 5.41) is 4.01. The van der Waals surface area contributed by atoms with Gasteiger partial charge >= 0.3 is 10.1 Å². The van der Waals surface area contributed by atoms with E-state index in [9.17, 15) is 17.8 Å². The summed E-state index contributed by atoms with van der Waals surface area (Å²) in [5.74, 6) is -0.106. The molecule has 3 rings (SSSR count). The van der Waals surface area contributed by atoms with Crippen LogP contribution in [0.25, 0.3) is 0 Å². The van der Waals surface area contributed by atoms with Crippen molar-refractivity contribution in [3.8, 4) is 5.88 Å². The van der Waals surface area contributed by atoms with E-state index in [2.05, 4.69) is 5.10 Å². The molecule has 1 aliphatic rings. The van der Waals surface area contributed by atoms with Crippen molar-refractivity contribution < 1.29 is 21.9 Å². The van der Waals surface area contributed by atoms with Crippen molar-refractivity contribution >= 4 is 27.1 Å². The lowest BCUT2D eigenvalue weighted by molar-refractivity contribution is 0.103. The third kappa shape index (κ3) is 3.58. The molecule has 1 aliphatic heterocycles. The normalized spacial score (nSPS) is 18.1. The van der Waals surface area contributed by atoms with Crippen molar-refractivity contribution in [3.63, 3.8) is 0 Å². The first-order valence-corrected chi connectivity index (χ1v) is 11.9. The van der Waals surface area contributed by atoms with E-state index in [1.807, 2.05) is 20.8 Å². The lowest BCUT2D eigenvalue weighted by Gasteiger charge is -2.18. The largest absolute Gasteiger partial charge is 0.611 e. The molecule has 0 saturated heterocycles. The van der Waals surface area contributed by atoms with Gasteiger partial charge in [0.1, 0.15) is 11.3 Å². The highest BCUT2D eigenvalue weighted by molar-refractivity contribution is 7.91. The summed E-state index contributed by atoms with van der Waals surface area (Å²) < 4.78 is 43.0. The minimum atomic E-state index is -3.81. The summed E-state index contributed by atoms with van der Waals surface area (Å²) in [4.78, 5) is 14.0. The molecule has 0 aliphatic carbocycles. The van der Waals surface area contributed by atoms with Crippen molar-refractivity contribution in [1.29, 1.82) is 0 Å². The van der Waals surface area contributed by atoms with Crippen molar-refractivity contribution in [1.82, 2.24) is 9.78 Å². The van der Waals surface area contributed by atoms with E-state index in [1.54, 1.807) is 19.1 Å². The fourth-order valence-corrected chi connectivity index (χ4v) is 6.53. The van der Waals surface area contributed by atoms with E-state index in [-0.39, 0.29) is 28.4 Å². The van der Waals surface area contributed by atoms with Gasteiger partial charge in [0.05, 0.1) is 11.9 Å². The third-order valence-electron chi connectivity index (χ3n) is 4.87. The second kappa shape index (κ2) is 7.20. The molecule has 2 heterocycles. The molecule has 0 saturated carbocycles. The zero-order valence-electron chi connectivity index (χ0n) is 16.6. The van der Waals surface area contributed by atoms with Crippen molar-refractivity contribution in [2.45, 2.75) is 44.4 Å². The number of hydrogen-bond acceptors (Lipinski definition) is 6. The van der Waals surface area contributed by atoms with Crippen LogP contribution in [0.1, 0.15) is 54.2 Å². The van der Waals surface area contributed by atoms with Gasteiger partial charge in [-0.05, 0) is 42.2 Å². The second-order valence-corrected chi connectivity index (χ2v) is 10.8. The van der Waals surface area contributed by atoms with Crippen molar-refractivity contribution in [2.24, 2.45) is 7.05 Å². The molecular formula is C19H24N2O5S2. The molecule has 1 unspecified atom stereocenters. The van der Waals surface area contributed by atoms with Gasteiger partial charge in [-0.3, -0.25) is 4.79 Å². The number of hydrogen-bond donors (Lipinski definition) is 0. The highest BCUT2D eigenvalue weighted by Gasteiger charge is 2.42. The van der Waals surface area contributed by atoms with Crippen LogP contribution in [0.2, 0.25) is 0 Å². The molecule has 1 atom stereocenters. The Kier molecular flexibility index (Phi) is 5.37. The van der Waals surface area contributed by atoms with E-state index in [4.69, 9.17) is 4.18 Å². The molecule has 0 bridgehead atoms. The summed E-state index contributed by atoms with van der Waals surface area (Å²) in [7, 11) is -2.29. The Balaban J connectivity index is 2.06. The minimum Gasteiger partial charge on any atom is -0.611 e. The van der Waals surface area contributed by atoms with Crippen LogP contribution in [0, 0.1) is 6.92 Å². The third-order valence-corrected chi connectivity index (χ3v) is 8.01. The molecule has 0 radical (unpaired) electrons. The highest BCUT2D eigenvalue weighted by atomic mass is 32.2. The predicted molar refractivity (Wildman–Crippen MR) is 107 cm³/mol. The van der Waals surface area contributed by atoms with Gasteiger partial charge < -0.3 is 8.74 Å². The van der Waals surface area contributed by atoms with Crippen LogP contribution in [-0.2, 0) is 33.8 Å². The van der Waals surface area contributed by atoms with Gasteiger partial charge in [-0.1, -0.05) is 20.8 Å². The fraction of sp³-hybridized carbons (Fsp3) is 0.474. The van der Waals surface area contributed by atoms with Crippen LogP contribution in [0.5, 0.6) is 5.88 Å². The van der Waals surface area contributed by atoms with Crippen LogP contribution in [-0.4, -0.2) is 40.0 Å². The molecule has 1 aromatic carbocycles. The van der Waals surface area contributed by atoms with Gasteiger partial charge in [-0.25, -0.2) is 4.68 Å². The molecule has 0 spiro atoms. The van der Waals surface area contributed by atoms with Gasteiger partial charge in [-0.2, -0.15) is 13.5 Å². The smallest absolute Gasteiger partial charge is 0.310 e. The molecule has 7 nitrogen and oxygen atoms in total. The molecular weight excluding hydrogens is 400 g/mol. The molecule has 0 amide bonds. The van der Waals surface area contributed by atoms with E-state index in [1.165, 1.54) is 17.9 Å². The van der Waals surface area contributed by atoms with Crippen LogP contribution in [0.15, 0.2) is 23.2 Å². The van der Waals surface area contributed by atoms with Crippen molar-refractivity contribution in [2.75, 3.05) is 11.5 Å². The summed E-state index contributed by atoms with van der Waals surface area (Å²) >= 11 is -1.09. The SMILES string of the molecule is CCCS(=O)(=O)Oc1c(C(=O)c2ccc3c(c2C)C(C)(C)C[S+]3[O-])cnn1C. The van der Waals surface area contributed by atoms with E-state index >= 15 is 0 Å². The average Bonchev–Trinajstić information content (AvgIpc) is 3.04. The van der Waals surface area contributed by atoms with Crippen LogP contribution >= 0.6 is 0 Å². The van der Waals surface area contributed by atoms with E-state index in [0.717, 1.165) is 16.0 Å². The number of benzene rings is 1. The number of nitrogens with zero attached hydrogens (tertiary/aromatic N) is 2. The minimum absolute atomic E-state index is 0.0853. The number of carbonyl (C=O) groups excluding carboxylic acids is 1. The first-order chi connectivity index (χ1) is 13.0. The number of aryl methyl sites for hydroxylation is 1. The topological polar surface area (TPSA) is 101 Å². The lowest BCUT2D eigenvalue weighted by Crippen LogP contribution is -2.21. The predicted octanol–water partition coefficient (Wildman–Crippen LogP) is 2.48. The van der Waals surface area contributed by atoms with Gasteiger partial charge in [-0.15, -0.1) is 0 Å². The number of rotatable bonds is 6. The first kappa shape index (κ1) is 20.9. The molecule has 0 fully saturated rings. The Morgan fingerprint density at radius 1 is 1.36 bits per heavy atom. The second-order valence-electron chi connectivity index (χ2n) is 7.65. The van der Waals surface area contributed by atoms with Gasteiger partial charge in [0.25, 0.3) is 0 Å². The maximum atomic E-state index is 13.2. The number of ketones is 1. The standard InChI is InChI=1S/C19H24N2O5S2/c1-6-9-28(24,25)26-18-14(10-20-21(18)5)17(22)13-7-8-15-16(12(13)2)19(3,4)11-27(15)23/h7-8,10H,6,9,11H2,1-5H3.